The SMILES string of the molecule is CCc1nccn1CCC(=O)N[C@@H]1CCC[C@@H](Oc2cccnc2)[C@@H]1O. The second-order valence-corrected chi connectivity index (χ2v) is 6.58. The summed E-state index contributed by atoms with van der Waals surface area (Å²) in [5.41, 5.74) is 0. The van der Waals surface area contributed by atoms with Gasteiger partial charge < -0.3 is 19.7 Å². The highest BCUT2D eigenvalue weighted by atomic mass is 16.5. The molecule has 3 atom stereocenters. The van der Waals surface area contributed by atoms with Gasteiger partial charge in [0.2, 0.25) is 5.91 Å². The number of nitrogens with zero attached hydrogens (tertiary/aromatic N) is 3. The van der Waals surface area contributed by atoms with E-state index in [0.717, 1.165) is 31.5 Å². The average Bonchev–Trinajstić information content (AvgIpc) is 3.12. The van der Waals surface area contributed by atoms with E-state index in [1.54, 1.807) is 24.7 Å². The highest BCUT2D eigenvalue weighted by Crippen LogP contribution is 2.24. The van der Waals surface area contributed by atoms with Gasteiger partial charge in [-0.25, -0.2) is 4.98 Å². The smallest absolute Gasteiger partial charge is 0.222 e. The number of amides is 1. The van der Waals surface area contributed by atoms with Crippen LogP contribution in [0.2, 0.25) is 0 Å². The lowest BCUT2D eigenvalue weighted by molar-refractivity contribution is -0.124. The molecule has 1 fully saturated rings. The number of imidazole rings is 1. The van der Waals surface area contributed by atoms with Crippen molar-refractivity contribution in [3.05, 3.63) is 42.7 Å². The number of aliphatic hydroxyl groups excluding tert-OH is 1. The maximum atomic E-state index is 12.3. The van der Waals surface area contributed by atoms with E-state index < -0.39 is 6.10 Å². The summed E-state index contributed by atoms with van der Waals surface area (Å²) in [5, 5.41) is 13.6. The van der Waals surface area contributed by atoms with Gasteiger partial charge in [-0.2, -0.15) is 0 Å². The van der Waals surface area contributed by atoms with Crippen LogP contribution in [0.4, 0.5) is 0 Å². The molecule has 0 bridgehead atoms. The van der Waals surface area contributed by atoms with Crippen molar-refractivity contribution < 1.29 is 14.6 Å². The van der Waals surface area contributed by atoms with Gasteiger partial charge in [-0.15, -0.1) is 0 Å². The third-order valence-electron chi connectivity index (χ3n) is 4.76. The maximum absolute atomic E-state index is 12.3. The molecule has 140 valence electrons. The zero-order chi connectivity index (χ0) is 18.4. The van der Waals surface area contributed by atoms with Gasteiger partial charge in [-0.05, 0) is 31.4 Å². The van der Waals surface area contributed by atoms with Crippen molar-refractivity contribution in [2.24, 2.45) is 0 Å². The molecule has 0 aromatic carbocycles. The molecule has 0 unspecified atom stereocenters. The number of hydrogen-bond acceptors (Lipinski definition) is 5. The Kier molecular flexibility index (Phi) is 6.22. The zero-order valence-electron chi connectivity index (χ0n) is 15.0. The van der Waals surface area contributed by atoms with Crippen LogP contribution < -0.4 is 10.1 Å². The molecule has 7 nitrogen and oxygen atoms in total. The van der Waals surface area contributed by atoms with E-state index in [1.165, 1.54) is 0 Å². The van der Waals surface area contributed by atoms with Crippen LogP contribution in [0.1, 0.15) is 38.4 Å². The van der Waals surface area contributed by atoms with E-state index in [-0.39, 0.29) is 18.1 Å². The fraction of sp³-hybridized carbons (Fsp3) is 0.526. The van der Waals surface area contributed by atoms with Crippen molar-refractivity contribution in [1.82, 2.24) is 19.9 Å². The Morgan fingerprint density at radius 2 is 2.31 bits per heavy atom. The molecular weight excluding hydrogens is 332 g/mol. The molecule has 1 amide bonds. The second kappa shape index (κ2) is 8.80. The van der Waals surface area contributed by atoms with E-state index in [0.29, 0.717) is 18.7 Å². The van der Waals surface area contributed by atoms with Crippen LogP contribution in [0.15, 0.2) is 36.9 Å². The molecule has 2 aromatic rings. The van der Waals surface area contributed by atoms with Gasteiger partial charge in [0.15, 0.2) is 0 Å². The first-order valence-corrected chi connectivity index (χ1v) is 9.21. The third kappa shape index (κ3) is 4.60. The Labute approximate surface area is 153 Å². The molecule has 0 spiro atoms. The maximum Gasteiger partial charge on any atom is 0.222 e. The standard InChI is InChI=1S/C19H26N4O3/c1-2-17-21-10-12-23(17)11-8-18(24)22-15-6-3-7-16(19(15)25)26-14-5-4-9-20-13-14/h4-5,9-10,12-13,15-16,19,25H,2-3,6-8,11H2,1H3,(H,22,24)/t15-,16-,19-/m1/s1. The average molecular weight is 358 g/mol. The Morgan fingerprint density at radius 1 is 1.42 bits per heavy atom. The van der Waals surface area contributed by atoms with Gasteiger partial charge in [0.25, 0.3) is 0 Å². The van der Waals surface area contributed by atoms with E-state index in [2.05, 4.69) is 15.3 Å². The number of aromatic nitrogens is 3. The molecule has 0 aliphatic heterocycles. The number of pyridine rings is 1. The first kappa shape index (κ1) is 18.4. The monoisotopic (exact) mass is 358 g/mol. The molecule has 0 radical (unpaired) electrons. The van der Waals surface area contributed by atoms with Crippen molar-refractivity contribution in [2.75, 3.05) is 0 Å². The minimum atomic E-state index is -0.729. The Morgan fingerprint density at radius 3 is 3.08 bits per heavy atom. The predicted molar refractivity (Wildman–Crippen MR) is 96.7 cm³/mol. The van der Waals surface area contributed by atoms with E-state index >= 15 is 0 Å². The highest BCUT2D eigenvalue weighted by Gasteiger charge is 2.34. The van der Waals surface area contributed by atoms with Crippen LogP contribution in [-0.4, -0.2) is 43.8 Å². The van der Waals surface area contributed by atoms with Crippen LogP contribution in [0.5, 0.6) is 5.75 Å². The summed E-state index contributed by atoms with van der Waals surface area (Å²) in [5.74, 6) is 1.54. The molecule has 26 heavy (non-hydrogen) atoms. The van der Waals surface area contributed by atoms with Crippen LogP contribution in [0, 0.1) is 0 Å². The number of aryl methyl sites for hydroxylation is 2. The fourth-order valence-corrected chi connectivity index (χ4v) is 3.38. The van der Waals surface area contributed by atoms with Gasteiger partial charge in [-0.1, -0.05) is 6.92 Å². The first-order valence-electron chi connectivity index (χ1n) is 9.21. The number of carbonyl (C=O) groups is 1. The molecule has 2 N–H and O–H groups in total. The Hall–Kier alpha value is -2.41. The number of hydrogen-bond donors (Lipinski definition) is 2. The lowest BCUT2D eigenvalue weighted by Gasteiger charge is -2.35. The predicted octanol–water partition coefficient (Wildman–Crippen LogP) is 1.71. The fourth-order valence-electron chi connectivity index (χ4n) is 3.38. The minimum Gasteiger partial charge on any atom is -0.486 e. The van der Waals surface area contributed by atoms with Crippen molar-refractivity contribution in [3.63, 3.8) is 0 Å². The molecule has 1 saturated carbocycles. The lowest BCUT2D eigenvalue weighted by Crippen LogP contribution is -2.52. The van der Waals surface area contributed by atoms with E-state index in [1.807, 2.05) is 23.8 Å². The summed E-state index contributed by atoms with van der Waals surface area (Å²) in [7, 11) is 0. The molecule has 2 heterocycles. The van der Waals surface area contributed by atoms with Gasteiger partial charge in [-0.3, -0.25) is 9.78 Å². The molecular formula is C19H26N4O3. The second-order valence-electron chi connectivity index (χ2n) is 6.58. The molecule has 2 aromatic heterocycles. The normalized spacial score (nSPS) is 22.8. The Balaban J connectivity index is 1.51. The van der Waals surface area contributed by atoms with Gasteiger partial charge in [0, 0.05) is 38.0 Å². The first-order chi connectivity index (χ1) is 12.7. The summed E-state index contributed by atoms with van der Waals surface area (Å²) in [6, 6.07) is 3.33. The largest absolute Gasteiger partial charge is 0.486 e. The molecule has 3 rings (SSSR count). The summed E-state index contributed by atoms with van der Waals surface area (Å²) < 4.78 is 7.84. The number of aliphatic hydroxyl groups is 1. The zero-order valence-corrected chi connectivity index (χ0v) is 15.0. The number of rotatable bonds is 7. The van der Waals surface area contributed by atoms with Crippen molar-refractivity contribution in [1.29, 1.82) is 0 Å². The van der Waals surface area contributed by atoms with Crippen LogP contribution >= 0.6 is 0 Å². The summed E-state index contributed by atoms with van der Waals surface area (Å²) in [6.07, 6.45) is 9.50. The number of nitrogens with one attached hydrogen (secondary N) is 1. The van der Waals surface area contributed by atoms with Crippen molar-refractivity contribution in [3.8, 4) is 5.75 Å². The lowest BCUT2D eigenvalue weighted by atomic mass is 9.89. The molecule has 7 heteroatoms. The molecule has 0 saturated heterocycles. The van der Waals surface area contributed by atoms with Crippen LogP contribution in [0.25, 0.3) is 0 Å². The highest BCUT2D eigenvalue weighted by molar-refractivity contribution is 5.76. The summed E-state index contributed by atoms with van der Waals surface area (Å²) >= 11 is 0. The number of ether oxygens (including phenoxy) is 1. The van der Waals surface area contributed by atoms with Crippen molar-refractivity contribution in [2.45, 2.75) is 63.8 Å². The van der Waals surface area contributed by atoms with Gasteiger partial charge in [0.1, 0.15) is 23.8 Å². The number of carbonyl (C=O) groups excluding carboxylic acids is 1. The topological polar surface area (TPSA) is 89.3 Å². The minimum absolute atomic E-state index is 0.0631. The molecule has 1 aliphatic rings. The summed E-state index contributed by atoms with van der Waals surface area (Å²) in [4.78, 5) is 20.6. The van der Waals surface area contributed by atoms with Crippen molar-refractivity contribution >= 4 is 5.91 Å². The van der Waals surface area contributed by atoms with Gasteiger partial charge in [0.05, 0.1) is 12.2 Å². The van der Waals surface area contributed by atoms with Crippen LogP contribution in [-0.2, 0) is 17.8 Å². The summed E-state index contributed by atoms with van der Waals surface area (Å²) in [6.45, 7) is 2.63. The molecule has 1 aliphatic carbocycles. The third-order valence-corrected chi connectivity index (χ3v) is 4.76. The van der Waals surface area contributed by atoms with Gasteiger partial charge >= 0.3 is 0 Å². The van der Waals surface area contributed by atoms with E-state index in [9.17, 15) is 9.90 Å². The van der Waals surface area contributed by atoms with Crippen LogP contribution in [0.3, 0.4) is 0 Å². The van der Waals surface area contributed by atoms with E-state index in [4.69, 9.17) is 4.74 Å². The quantitative estimate of drug-likeness (QED) is 0.786. The Bertz CT molecular complexity index is 704.